The maximum absolute atomic E-state index is 6.68. The van der Waals surface area contributed by atoms with E-state index in [1.165, 1.54) is 60.8 Å². The van der Waals surface area contributed by atoms with Gasteiger partial charge in [-0.25, -0.2) is 0 Å². The van der Waals surface area contributed by atoms with Gasteiger partial charge in [-0.15, -0.1) is 0 Å². The highest BCUT2D eigenvalue weighted by Crippen LogP contribution is 2.56. The molecule has 0 bridgehead atoms. The predicted octanol–water partition coefficient (Wildman–Crippen LogP) is 11.1. The number of hydrogen-bond acceptors (Lipinski definition) is 6. The van der Waals surface area contributed by atoms with Crippen LogP contribution in [0.1, 0.15) is 143 Å². The quantitative estimate of drug-likeness (QED) is 0.0823. The van der Waals surface area contributed by atoms with Crippen LogP contribution in [-0.4, -0.2) is 50.9 Å². The van der Waals surface area contributed by atoms with Gasteiger partial charge in [0.05, 0.1) is 42.0 Å². The Morgan fingerprint density at radius 1 is 0.559 bits per heavy atom. The average Bonchev–Trinajstić information content (AvgIpc) is 3.82. The average molecular weight is 799 g/mol. The largest absolute Gasteiger partial charge is 0.494 e. The van der Waals surface area contributed by atoms with Gasteiger partial charge in [-0.1, -0.05) is 127 Å². The Morgan fingerprint density at radius 2 is 1.00 bits per heavy atom. The summed E-state index contributed by atoms with van der Waals surface area (Å²) in [6.45, 7) is 23.7. The fourth-order valence-corrected chi connectivity index (χ4v) is 9.05. The van der Waals surface area contributed by atoms with Crippen molar-refractivity contribution >= 4 is 25.2 Å². The molecule has 2 atom stereocenters. The van der Waals surface area contributed by atoms with E-state index in [-0.39, 0.29) is 5.60 Å². The van der Waals surface area contributed by atoms with Crippen LogP contribution in [0, 0.1) is 11.8 Å². The summed E-state index contributed by atoms with van der Waals surface area (Å²) in [5.41, 5.74) is 7.05. The van der Waals surface area contributed by atoms with Crippen LogP contribution in [0.5, 0.6) is 11.5 Å². The number of rotatable bonds is 18. The molecule has 314 valence electrons. The molecule has 7 rings (SSSR count). The highest BCUT2D eigenvalue weighted by atomic mass is 16.7. The highest BCUT2D eigenvalue weighted by Gasteiger charge is 2.53. The molecule has 59 heavy (non-hydrogen) atoms. The van der Waals surface area contributed by atoms with E-state index in [9.17, 15) is 0 Å². The normalized spacial score (nSPS) is 21.0. The molecule has 0 amide bonds. The van der Waals surface area contributed by atoms with Crippen molar-refractivity contribution < 1.29 is 28.1 Å². The second kappa shape index (κ2) is 17.8. The first-order valence-electron chi connectivity index (χ1n) is 22.7. The van der Waals surface area contributed by atoms with Gasteiger partial charge in [0.2, 0.25) is 0 Å². The van der Waals surface area contributed by atoms with Crippen LogP contribution in [0.25, 0.3) is 11.1 Å². The molecule has 0 spiro atoms. The molecule has 4 aromatic carbocycles. The lowest BCUT2D eigenvalue weighted by atomic mass is 9.65. The van der Waals surface area contributed by atoms with Crippen LogP contribution in [-0.2, 0) is 24.0 Å². The maximum atomic E-state index is 6.68. The molecule has 4 aromatic rings. The molecular weight excluding hydrogens is 730 g/mol. The molecule has 2 unspecified atom stereocenters. The van der Waals surface area contributed by atoms with E-state index in [1.54, 1.807) is 0 Å². The lowest BCUT2D eigenvalue weighted by molar-refractivity contribution is 0.00578. The molecule has 0 saturated carbocycles. The monoisotopic (exact) mass is 799 g/mol. The first-order valence-corrected chi connectivity index (χ1v) is 22.7. The molecule has 0 aromatic heterocycles. The van der Waals surface area contributed by atoms with Gasteiger partial charge in [0, 0.05) is 0 Å². The summed E-state index contributed by atoms with van der Waals surface area (Å²) in [7, 11) is -0.961. The van der Waals surface area contributed by atoms with Crippen LogP contribution < -0.4 is 20.4 Å². The third-order valence-corrected chi connectivity index (χ3v) is 13.6. The number of unbranched alkanes of at least 4 members (excludes halogenated alkanes) is 2. The minimum atomic E-state index is -0.703. The second-order valence-electron chi connectivity index (χ2n) is 19.0. The summed E-state index contributed by atoms with van der Waals surface area (Å²) in [6.07, 6.45) is 9.49. The fraction of sp³-hybridized carbons (Fsp3) is 0.529. The zero-order valence-electron chi connectivity index (χ0n) is 37.6. The minimum Gasteiger partial charge on any atom is -0.493 e. The molecule has 8 heteroatoms. The third-order valence-electron chi connectivity index (χ3n) is 13.6. The third kappa shape index (κ3) is 8.80. The summed E-state index contributed by atoms with van der Waals surface area (Å²) < 4.78 is 39.1. The van der Waals surface area contributed by atoms with E-state index in [2.05, 4.69) is 154 Å². The highest BCUT2D eigenvalue weighted by molar-refractivity contribution is 6.62. The van der Waals surface area contributed by atoms with Crippen molar-refractivity contribution in [2.24, 2.45) is 11.8 Å². The lowest BCUT2D eigenvalue weighted by Gasteiger charge is -2.35. The summed E-state index contributed by atoms with van der Waals surface area (Å²) in [5.74, 6) is 2.88. The van der Waals surface area contributed by atoms with Crippen LogP contribution >= 0.6 is 0 Å². The topological polar surface area (TPSA) is 55.4 Å². The summed E-state index contributed by atoms with van der Waals surface area (Å²) >= 11 is 0. The molecule has 2 heterocycles. The molecule has 3 aliphatic rings. The number of benzene rings is 4. The van der Waals surface area contributed by atoms with Gasteiger partial charge >= 0.3 is 14.2 Å². The van der Waals surface area contributed by atoms with E-state index in [0.717, 1.165) is 59.6 Å². The zero-order chi connectivity index (χ0) is 42.0. The maximum Gasteiger partial charge on any atom is 0.494 e. The lowest BCUT2D eigenvalue weighted by Crippen LogP contribution is -2.41. The van der Waals surface area contributed by atoms with Crippen molar-refractivity contribution in [3.63, 3.8) is 0 Å². The summed E-state index contributed by atoms with van der Waals surface area (Å²) in [5, 5.41) is 0. The van der Waals surface area contributed by atoms with E-state index in [4.69, 9.17) is 28.1 Å². The van der Waals surface area contributed by atoms with Crippen molar-refractivity contribution in [2.45, 2.75) is 143 Å². The van der Waals surface area contributed by atoms with Gasteiger partial charge in [0.25, 0.3) is 0 Å². The molecule has 2 aliphatic heterocycles. The zero-order valence-corrected chi connectivity index (χ0v) is 37.6. The molecule has 6 nitrogen and oxygen atoms in total. The van der Waals surface area contributed by atoms with E-state index >= 15 is 0 Å². The summed E-state index contributed by atoms with van der Waals surface area (Å²) in [4.78, 5) is 0. The van der Waals surface area contributed by atoms with Crippen molar-refractivity contribution in [3.05, 3.63) is 107 Å². The van der Waals surface area contributed by atoms with Crippen molar-refractivity contribution in [1.82, 2.24) is 0 Å². The van der Waals surface area contributed by atoms with Crippen molar-refractivity contribution in [1.29, 1.82) is 0 Å². The Bertz CT molecular complexity index is 1940. The van der Waals surface area contributed by atoms with Crippen LogP contribution in [0.4, 0.5) is 0 Å². The molecule has 0 radical (unpaired) electrons. The molecule has 2 saturated heterocycles. The molecule has 0 N–H and O–H groups in total. The summed E-state index contributed by atoms with van der Waals surface area (Å²) in [6, 6.07) is 31.2. The molecule has 2 fully saturated rings. The number of fused-ring (bicyclic) bond motifs is 3. The predicted molar refractivity (Wildman–Crippen MR) is 244 cm³/mol. The van der Waals surface area contributed by atoms with Gasteiger partial charge < -0.3 is 28.1 Å². The molecular formula is C51H68B2O6. The first-order chi connectivity index (χ1) is 28.2. The van der Waals surface area contributed by atoms with Crippen LogP contribution in [0.15, 0.2) is 84.9 Å². The minimum absolute atomic E-state index is 0.367. The van der Waals surface area contributed by atoms with E-state index in [0.29, 0.717) is 18.4 Å². The molecule has 1 aliphatic carbocycles. The van der Waals surface area contributed by atoms with Gasteiger partial charge in [-0.05, 0) is 135 Å². The van der Waals surface area contributed by atoms with E-state index in [1.807, 2.05) is 0 Å². The van der Waals surface area contributed by atoms with E-state index < -0.39 is 30.9 Å². The van der Waals surface area contributed by atoms with Crippen LogP contribution in [0.3, 0.4) is 0 Å². The SMILES string of the molecule is CCCCC(CC)COc1ccc(C2(c3ccc(OCC(CC)CCCC)cc3)c3cc(B4OCC(C)(C)O4)ccc3-c3ccc(B4OC(C)(C)C(C)(C)O4)cc32)cc1. The Kier molecular flexibility index (Phi) is 13.1. The number of hydrogen-bond donors (Lipinski definition) is 0. The Balaban J connectivity index is 1.37. The Hall–Kier alpha value is -3.55. The van der Waals surface area contributed by atoms with Crippen molar-refractivity contribution in [2.75, 3.05) is 19.8 Å². The van der Waals surface area contributed by atoms with Crippen molar-refractivity contribution in [3.8, 4) is 22.6 Å². The smallest absolute Gasteiger partial charge is 0.493 e. The van der Waals surface area contributed by atoms with Gasteiger partial charge in [-0.3, -0.25) is 0 Å². The Labute approximate surface area is 356 Å². The number of ether oxygens (including phenoxy) is 2. The first kappa shape index (κ1) is 43.5. The van der Waals surface area contributed by atoms with Gasteiger partial charge in [0.15, 0.2) is 0 Å². The van der Waals surface area contributed by atoms with Gasteiger partial charge in [0.1, 0.15) is 11.5 Å². The van der Waals surface area contributed by atoms with Crippen LogP contribution in [0.2, 0.25) is 0 Å². The second-order valence-corrected chi connectivity index (χ2v) is 19.0. The Morgan fingerprint density at radius 3 is 1.39 bits per heavy atom. The standard InChI is InChI=1S/C51H68B2O6/c1-11-15-17-36(13-3)33-54-42-25-19-38(20-26-42)51(39-21-27-43(28-22-39)55-34-37(14-4)18-16-12-2)46-31-40(52-56-35-48(5,6)57-52)23-29-44(46)45-30-24-41(32-47(45)51)53-58-49(7,8)50(9,10)59-53/h19-32,36-37H,11-18,33-35H2,1-10H3. The fourth-order valence-electron chi connectivity index (χ4n) is 9.05. The van der Waals surface area contributed by atoms with Gasteiger partial charge in [-0.2, -0.15) is 0 Å².